The van der Waals surface area contributed by atoms with Gasteiger partial charge in [0.25, 0.3) is 0 Å². The van der Waals surface area contributed by atoms with Gasteiger partial charge in [0.2, 0.25) is 0 Å². The van der Waals surface area contributed by atoms with Crippen LogP contribution in [-0.4, -0.2) is 72.9 Å². The Hall–Kier alpha value is -4.35. The zero-order valence-electron chi connectivity index (χ0n) is 27.8. The highest BCUT2D eigenvalue weighted by Crippen LogP contribution is 2.56. The largest absolute Gasteiger partial charge is 0.361 e. The summed E-state index contributed by atoms with van der Waals surface area (Å²) >= 11 is 0. The number of carbonyl (C=O) groups is 1. The summed E-state index contributed by atoms with van der Waals surface area (Å²) in [6, 6.07) is 14.3. The van der Waals surface area contributed by atoms with E-state index >= 15 is 4.79 Å². The molecule has 4 aromatic heterocycles. The highest BCUT2D eigenvalue weighted by atomic mass is 16.5. The smallest absolute Gasteiger partial charge is 0.192 e. The highest BCUT2D eigenvalue weighted by molar-refractivity contribution is 6.09. The molecule has 2 aliphatic carbocycles. The Balaban J connectivity index is 1.01. The van der Waals surface area contributed by atoms with E-state index in [2.05, 4.69) is 47.1 Å². The fourth-order valence-electron chi connectivity index (χ4n) is 8.99. The molecule has 4 aliphatic rings. The maximum atomic E-state index is 15.0. The van der Waals surface area contributed by atoms with Crippen molar-refractivity contribution in [3.05, 3.63) is 72.6 Å². The summed E-state index contributed by atoms with van der Waals surface area (Å²) < 4.78 is 10.7. The van der Waals surface area contributed by atoms with Crippen molar-refractivity contribution in [2.45, 2.75) is 69.8 Å². The molecule has 2 aliphatic heterocycles. The summed E-state index contributed by atoms with van der Waals surface area (Å²) in [5.41, 5.74) is 8.54. The van der Waals surface area contributed by atoms with Crippen LogP contribution in [0.1, 0.15) is 54.7 Å². The van der Waals surface area contributed by atoms with E-state index in [0.717, 1.165) is 85.0 Å². The minimum Gasteiger partial charge on any atom is -0.361 e. The quantitative estimate of drug-likeness (QED) is 0.175. The zero-order valence-corrected chi connectivity index (χ0v) is 27.8. The number of nitrogens with two attached hydrogens (primary N) is 1. The Morgan fingerprint density at radius 1 is 0.979 bits per heavy atom. The molecule has 48 heavy (non-hydrogen) atoms. The van der Waals surface area contributed by atoms with Crippen LogP contribution in [0.25, 0.3) is 22.1 Å². The van der Waals surface area contributed by atoms with Crippen molar-refractivity contribution in [1.29, 1.82) is 0 Å². The normalized spacial score (nSPS) is 25.9. The molecular formula is C37H43N9O2. The Labute approximate surface area is 280 Å². The lowest BCUT2D eigenvalue weighted by molar-refractivity contribution is -0.0453. The molecule has 2 N–H and O–H groups in total. The van der Waals surface area contributed by atoms with Crippen LogP contribution < -0.4 is 15.5 Å². The lowest BCUT2D eigenvalue weighted by Crippen LogP contribution is -2.67. The first-order valence-electron chi connectivity index (χ1n) is 17.5. The first-order chi connectivity index (χ1) is 23.4. The van der Waals surface area contributed by atoms with E-state index in [4.69, 9.17) is 20.4 Å². The molecule has 4 fully saturated rings. The third-order valence-corrected chi connectivity index (χ3v) is 11.8. The van der Waals surface area contributed by atoms with Crippen molar-refractivity contribution in [3.63, 3.8) is 0 Å². The first kappa shape index (κ1) is 29.8. The van der Waals surface area contributed by atoms with E-state index in [1.807, 2.05) is 49.9 Å². The highest BCUT2D eigenvalue weighted by Gasteiger charge is 2.71. The van der Waals surface area contributed by atoms with Crippen LogP contribution in [0.2, 0.25) is 0 Å². The number of aromatic nitrogens is 6. The number of carbonyl (C=O) groups excluding carboxylic acids is 1. The number of methoxy groups -OCH3 is 1. The molecule has 5 aromatic rings. The second-order valence-corrected chi connectivity index (χ2v) is 14.5. The van der Waals surface area contributed by atoms with Crippen molar-refractivity contribution in [2.75, 3.05) is 36.5 Å². The number of aryl methyl sites for hydroxylation is 1. The Bertz CT molecular complexity index is 2030. The number of benzene rings is 1. The second kappa shape index (κ2) is 11.1. The number of ketones is 1. The van der Waals surface area contributed by atoms with E-state index in [1.54, 1.807) is 7.11 Å². The predicted molar refractivity (Wildman–Crippen MR) is 185 cm³/mol. The van der Waals surface area contributed by atoms with Gasteiger partial charge >= 0.3 is 0 Å². The van der Waals surface area contributed by atoms with E-state index < -0.39 is 11.3 Å². The average molecular weight is 646 g/mol. The van der Waals surface area contributed by atoms with Gasteiger partial charge in [-0.25, -0.2) is 19.9 Å². The topological polar surface area (TPSA) is 120 Å². The number of piperidine rings is 2. The molecule has 0 amide bonds. The molecular weight excluding hydrogens is 602 g/mol. The van der Waals surface area contributed by atoms with Crippen molar-refractivity contribution in [3.8, 4) is 0 Å². The van der Waals surface area contributed by atoms with Gasteiger partial charge in [-0.15, -0.1) is 0 Å². The number of fused-ring (bicyclic) bond motifs is 4. The van der Waals surface area contributed by atoms with Gasteiger partial charge in [0.15, 0.2) is 11.5 Å². The molecule has 1 aromatic carbocycles. The van der Waals surface area contributed by atoms with Gasteiger partial charge in [0, 0.05) is 69.1 Å². The van der Waals surface area contributed by atoms with Crippen molar-refractivity contribution in [1.82, 2.24) is 29.1 Å². The van der Waals surface area contributed by atoms with Gasteiger partial charge in [0.1, 0.15) is 28.6 Å². The number of rotatable bonds is 9. The number of nitrogens with zero attached hydrogens (tertiary/aromatic N) is 8. The molecule has 9 rings (SSSR count). The van der Waals surface area contributed by atoms with Gasteiger partial charge < -0.3 is 29.4 Å². The van der Waals surface area contributed by atoms with Crippen LogP contribution in [0, 0.1) is 24.7 Å². The van der Waals surface area contributed by atoms with E-state index in [1.165, 1.54) is 12.8 Å². The van der Waals surface area contributed by atoms with Gasteiger partial charge in [-0.1, -0.05) is 0 Å². The molecule has 248 valence electrons. The number of hydrogen-bond acceptors (Lipinski definition) is 9. The van der Waals surface area contributed by atoms with Gasteiger partial charge in [-0.2, -0.15) is 0 Å². The fraction of sp³-hybridized carbons (Fsp3) is 0.486. The van der Waals surface area contributed by atoms with Gasteiger partial charge in [0.05, 0.1) is 17.4 Å². The maximum Gasteiger partial charge on any atom is 0.192 e. The van der Waals surface area contributed by atoms with Gasteiger partial charge in [-0.05, 0) is 99.7 Å². The molecule has 11 heteroatoms. The molecule has 2 bridgehead atoms. The summed E-state index contributed by atoms with van der Waals surface area (Å²) in [6.07, 6.45) is 11.7. The molecule has 0 radical (unpaired) electrons. The van der Waals surface area contributed by atoms with E-state index in [0.29, 0.717) is 30.4 Å². The van der Waals surface area contributed by atoms with Gasteiger partial charge in [-0.3, -0.25) is 4.79 Å². The maximum absolute atomic E-state index is 15.0. The number of anilines is 2. The predicted octanol–water partition coefficient (Wildman–Crippen LogP) is 4.96. The minimum atomic E-state index is -1.11. The molecule has 0 spiro atoms. The number of pyridine rings is 1. The van der Waals surface area contributed by atoms with Crippen molar-refractivity contribution in [2.24, 2.45) is 23.5 Å². The summed E-state index contributed by atoms with van der Waals surface area (Å²) in [6.45, 7) is 6.35. The standard InChI is InChI=1S/C37H43N9O2/c1-24-39-15-10-32(42-24)43-16-11-26(12-17-43)20-44-23-41-30-18-27(7-8-31(30)44)34(47)36-13-9-29(37(36,38)48-2)22-46(36)33-19-28-4-3-14-40-35(28)45(33)21-25-5-6-25/h3-4,7-8,10,14-15,18-19,23,25-26,29H,5-6,9,11-13,16-17,20-22,38H2,1-2H3. The lowest BCUT2D eigenvalue weighted by Gasteiger charge is -2.44. The lowest BCUT2D eigenvalue weighted by atomic mass is 9.81. The first-order valence-corrected chi connectivity index (χ1v) is 17.5. The third kappa shape index (κ3) is 4.50. The van der Waals surface area contributed by atoms with Crippen LogP contribution in [-0.2, 0) is 17.8 Å². The summed E-state index contributed by atoms with van der Waals surface area (Å²) in [5, 5.41) is 1.08. The molecule has 3 atom stereocenters. The molecule has 6 heterocycles. The Morgan fingerprint density at radius 3 is 2.60 bits per heavy atom. The average Bonchev–Trinajstić information content (AvgIpc) is 3.54. The number of hydrogen-bond donors (Lipinski definition) is 1. The summed E-state index contributed by atoms with van der Waals surface area (Å²) in [7, 11) is 1.66. The molecule has 2 saturated heterocycles. The molecule has 2 saturated carbocycles. The molecule has 11 nitrogen and oxygen atoms in total. The summed E-state index contributed by atoms with van der Waals surface area (Å²) in [5.74, 6) is 4.07. The van der Waals surface area contributed by atoms with Crippen LogP contribution in [0.15, 0.2) is 61.2 Å². The third-order valence-electron chi connectivity index (χ3n) is 11.8. The fourth-order valence-corrected chi connectivity index (χ4v) is 8.99. The number of imidazole rings is 1. The van der Waals surface area contributed by atoms with Crippen molar-refractivity contribution < 1.29 is 9.53 Å². The minimum absolute atomic E-state index is 0.00631. The van der Waals surface area contributed by atoms with Crippen molar-refractivity contribution >= 4 is 39.5 Å². The second-order valence-electron chi connectivity index (χ2n) is 14.5. The van der Waals surface area contributed by atoms with Crippen LogP contribution in [0.4, 0.5) is 11.6 Å². The molecule has 3 unspecified atom stereocenters. The van der Waals surface area contributed by atoms with E-state index in [-0.39, 0.29) is 11.7 Å². The van der Waals surface area contributed by atoms with Crippen LogP contribution in [0.3, 0.4) is 0 Å². The SMILES string of the molecule is COC1(N)C2CCC1(C(=O)c1ccc3c(c1)ncn3CC1CCN(c3ccnc(C)n3)CC1)N(c1cc3cccnc3n1CC1CC1)C2. The number of ether oxygens (including phenoxy) is 1. The Morgan fingerprint density at radius 2 is 1.81 bits per heavy atom. The Kier molecular flexibility index (Phi) is 6.88. The zero-order chi connectivity index (χ0) is 32.6. The number of Topliss-reactive ketones (excluding diaryl/α,β-unsaturated/α-hetero) is 1. The van der Waals surface area contributed by atoms with Crippen LogP contribution >= 0.6 is 0 Å². The monoisotopic (exact) mass is 645 g/mol. The van der Waals surface area contributed by atoms with E-state index in [9.17, 15) is 0 Å². The summed E-state index contributed by atoms with van der Waals surface area (Å²) in [4.78, 5) is 38.1. The van der Waals surface area contributed by atoms with Crippen LogP contribution in [0.5, 0.6) is 0 Å².